The third-order valence-corrected chi connectivity index (χ3v) is 4.86. The van der Waals surface area contributed by atoms with Crippen LogP contribution in [0.4, 0.5) is 9.52 Å². The van der Waals surface area contributed by atoms with E-state index in [0.29, 0.717) is 11.3 Å². The molecule has 0 amide bonds. The van der Waals surface area contributed by atoms with E-state index in [1.807, 2.05) is 48.5 Å². The number of ether oxygens (including phenoxy) is 1. The number of hydrogen-bond acceptors (Lipinski definition) is 5. The van der Waals surface area contributed by atoms with Gasteiger partial charge in [0.05, 0.1) is 16.4 Å². The van der Waals surface area contributed by atoms with Gasteiger partial charge in [-0.1, -0.05) is 53.8 Å². The fraction of sp³-hybridized carbons (Fsp3) is 0.0476. The highest BCUT2D eigenvalue weighted by Crippen LogP contribution is 2.25. The highest BCUT2D eigenvalue weighted by atomic mass is 32.1. The third kappa shape index (κ3) is 4.12. The fourth-order valence-corrected chi connectivity index (χ4v) is 3.38. The summed E-state index contributed by atoms with van der Waals surface area (Å²) in [7, 11) is 0. The first-order chi connectivity index (χ1) is 13.3. The van der Waals surface area contributed by atoms with Gasteiger partial charge in [-0.2, -0.15) is 5.10 Å². The molecule has 0 aliphatic carbocycles. The molecule has 0 radical (unpaired) electrons. The lowest BCUT2D eigenvalue weighted by Crippen LogP contribution is -2.01. The Kier molecular flexibility index (Phi) is 5.07. The van der Waals surface area contributed by atoms with Crippen molar-refractivity contribution in [2.75, 3.05) is 5.43 Å². The van der Waals surface area contributed by atoms with Crippen LogP contribution >= 0.6 is 11.3 Å². The van der Waals surface area contributed by atoms with Crippen molar-refractivity contribution >= 4 is 32.9 Å². The second kappa shape index (κ2) is 7.97. The number of fused-ring (bicyclic) bond motifs is 1. The molecule has 1 N–H and O–H groups in total. The van der Waals surface area contributed by atoms with E-state index in [-0.39, 0.29) is 12.4 Å². The number of nitrogens with zero attached hydrogens (tertiary/aromatic N) is 2. The molecule has 0 atom stereocenters. The van der Waals surface area contributed by atoms with Gasteiger partial charge in [0.25, 0.3) is 0 Å². The molecule has 0 saturated carbocycles. The standard InChI is InChI=1S/C21H16FN3OS/c22-17-9-3-1-8-16(17)14-26-19-11-5-2-7-15(19)13-23-25-21-24-18-10-4-6-12-20(18)27-21/h1-13H,14H2,(H,24,25)/b23-13-. The predicted octanol–water partition coefficient (Wildman–Crippen LogP) is 5.46. The van der Waals surface area contributed by atoms with Crippen LogP contribution in [-0.4, -0.2) is 11.2 Å². The van der Waals surface area contributed by atoms with Gasteiger partial charge in [-0.3, -0.25) is 5.43 Å². The van der Waals surface area contributed by atoms with Crippen LogP contribution in [0.1, 0.15) is 11.1 Å². The minimum Gasteiger partial charge on any atom is -0.488 e. The molecular weight excluding hydrogens is 361 g/mol. The maximum absolute atomic E-state index is 13.7. The van der Waals surface area contributed by atoms with Crippen molar-refractivity contribution in [1.29, 1.82) is 0 Å². The molecule has 0 aliphatic rings. The quantitative estimate of drug-likeness (QED) is 0.358. The van der Waals surface area contributed by atoms with E-state index in [4.69, 9.17) is 4.74 Å². The van der Waals surface area contributed by atoms with Crippen molar-refractivity contribution < 1.29 is 9.13 Å². The van der Waals surface area contributed by atoms with Crippen LogP contribution in [0.2, 0.25) is 0 Å². The van der Waals surface area contributed by atoms with E-state index < -0.39 is 0 Å². The van der Waals surface area contributed by atoms with Crippen LogP contribution in [0.15, 0.2) is 77.9 Å². The van der Waals surface area contributed by atoms with Crippen molar-refractivity contribution in [3.8, 4) is 5.75 Å². The molecule has 1 aromatic heterocycles. The Hall–Kier alpha value is -3.25. The zero-order chi connectivity index (χ0) is 18.5. The van der Waals surface area contributed by atoms with E-state index in [2.05, 4.69) is 15.5 Å². The van der Waals surface area contributed by atoms with Crippen LogP contribution in [0.25, 0.3) is 10.2 Å². The Bertz CT molecular complexity index is 1060. The Morgan fingerprint density at radius 1 is 1.00 bits per heavy atom. The summed E-state index contributed by atoms with van der Waals surface area (Å²) < 4.78 is 20.6. The second-order valence-corrected chi connectivity index (χ2v) is 6.81. The lowest BCUT2D eigenvalue weighted by Gasteiger charge is -2.09. The summed E-state index contributed by atoms with van der Waals surface area (Å²) in [6, 6.07) is 22.0. The van der Waals surface area contributed by atoms with Crippen molar-refractivity contribution in [2.45, 2.75) is 6.61 Å². The average molecular weight is 377 g/mol. The SMILES string of the molecule is Fc1ccccc1COc1ccccc1/C=N\Nc1nc2ccccc2s1. The topological polar surface area (TPSA) is 46.5 Å². The minimum atomic E-state index is -0.277. The first-order valence-electron chi connectivity index (χ1n) is 8.39. The highest BCUT2D eigenvalue weighted by Gasteiger charge is 2.05. The zero-order valence-corrected chi connectivity index (χ0v) is 15.1. The first-order valence-corrected chi connectivity index (χ1v) is 9.21. The van der Waals surface area contributed by atoms with E-state index in [1.165, 1.54) is 17.4 Å². The van der Waals surface area contributed by atoms with Gasteiger partial charge in [0.1, 0.15) is 18.2 Å². The number of hydrazone groups is 1. The van der Waals surface area contributed by atoms with E-state index >= 15 is 0 Å². The molecule has 27 heavy (non-hydrogen) atoms. The van der Waals surface area contributed by atoms with Crippen molar-refractivity contribution in [3.05, 3.63) is 89.7 Å². The Balaban J connectivity index is 1.45. The third-order valence-electron chi connectivity index (χ3n) is 3.92. The van der Waals surface area contributed by atoms with E-state index in [9.17, 15) is 4.39 Å². The van der Waals surface area contributed by atoms with Gasteiger partial charge in [0.2, 0.25) is 5.13 Å². The largest absolute Gasteiger partial charge is 0.488 e. The molecule has 0 aliphatic heterocycles. The van der Waals surface area contributed by atoms with Crippen LogP contribution in [0.5, 0.6) is 5.75 Å². The van der Waals surface area contributed by atoms with Gasteiger partial charge < -0.3 is 4.74 Å². The van der Waals surface area contributed by atoms with Gasteiger partial charge in [-0.25, -0.2) is 9.37 Å². The maximum Gasteiger partial charge on any atom is 0.204 e. The van der Waals surface area contributed by atoms with Crippen molar-refractivity contribution in [2.24, 2.45) is 5.10 Å². The number of halogens is 1. The van der Waals surface area contributed by atoms with E-state index in [1.54, 1.807) is 24.4 Å². The molecular formula is C21H16FN3OS. The molecule has 0 saturated heterocycles. The molecule has 4 aromatic rings. The van der Waals surface area contributed by atoms with Crippen LogP contribution in [0, 0.1) is 5.82 Å². The number of rotatable bonds is 6. The normalized spacial score (nSPS) is 11.1. The molecule has 1 heterocycles. The summed E-state index contributed by atoms with van der Waals surface area (Å²) in [5, 5.41) is 4.98. The summed E-state index contributed by atoms with van der Waals surface area (Å²) in [4.78, 5) is 4.47. The number of para-hydroxylation sites is 2. The molecule has 6 heteroatoms. The second-order valence-electron chi connectivity index (χ2n) is 5.77. The average Bonchev–Trinajstić information content (AvgIpc) is 3.11. The Labute approximate surface area is 160 Å². The maximum atomic E-state index is 13.7. The summed E-state index contributed by atoms with van der Waals surface area (Å²) in [5.74, 6) is 0.358. The highest BCUT2D eigenvalue weighted by molar-refractivity contribution is 7.22. The van der Waals surface area contributed by atoms with Crippen LogP contribution in [-0.2, 0) is 6.61 Å². The first kappa shape index (κ1) is 17.2. The van der Waals surface area contributed by atoms with Crippen molar-refractivity contribution in [1.82, 2.24) is 4.98 Å². The number of nitrogens with one attached hydrogen (secondary N) is 1. The number of aromatic nitrogens is 1. The summed E-state index contributed by atoms with van der Waals surface area (Å²) >= 11 is 1.54. The molecule has 4 rings (SSSR count). The molecule has 0 bridgehead atoms. The lowest BCUT2D eigenvalue weighted by molar-refractivity contribution is 0.299. The van der Waals surface area contributed by atoms with Gasteiger partial charge >= 0.3 is 0 Å². The predicted molar refractivity (Wildman–Crippen MR) is 108 cm³/mol. The summed E-state index contributed by atoms with van der Waals surface area (Å²) in [6.45, 7) is 0.156. The number of anilines is 1. The van der Waals surface area contributed by atoms with Gasteiger partial charge in [0, 0.05) is 11.1 Å². The molecule has 0 spiro atoms. The molecule has 0 fully saturated rings. The Morgan fingerprint density at radius 3 is 2.67 bits per heavy atom. The van der Waals surface area contributed by atoms with E-state index in [0.717, 1.165) is 20.9 Å². The van der Waals surface area contributed by atoms with Crippen LogP contribution in [0.3, 0.4) is 0 Å². The molecule has 0 unspecified atom stereocenters. The number of hydrogen-bond donors (Lipinski definition) is 1. The van der Waals surface area contributed by atoms with Crippen LogP contribution < -0.4 is 10.2 Å². The number of benzene rings is 3. The molecule has 4 nitrogen and oxygen atoms in total. The Morgan fingerprint density at radius 2 is 1.78 bits per heavy atom. The smallest absolute Gasteiger partial charge is 0.204 e. The minimum absolute atomic E-state index is 0.156. The van der Waals surface area contributed by atoms with Crippen molar-refractivity contribution in [3.63, 3.8) is 0 Å². The van der Waals surface area contributed by atoms with Gasteiger partial charge in [-0.15, -0.1) is 0 Å². The van der Waals surface area contributed by atoms with Gasteiger partial charge in [-0.05, 0) is 30.3 Å². The monoisotopic (exact) mass is 377 g/mol. The summed E-state index contributed by atoms with van der Waals surface area (Å²) in [5.41, 5.74) is 5.20. The number of thiazole rings is 1. The molecule has 134 valence electrons. The van der Waals surface area contributed by atoms with Gasteiger partial charge in [0.15, 0.2) is 0 Å². The lowest BCUT2D eigenvalue weighted by atomic mass is 10.2. The zero-order valence-electron chi connectivity index (χ0n) is 14.3. The molecule has 3 aromatic carbocycles. The fourth-order valence-electron chi connectivity index (χ4n) is 2.57. The summed E-state index contributed by atoms with van der Waals surface area (Å²) in [6.07, 6.45) is 1.67.